The molecule has 1 N–H and O–H groups in total. The summed E-state index contributed by atoms with van der Waals surface area (Å²) in [5.74, 6) is -0.635. The lowest BCUT2D eigenvalue weighted by Gasteiger charge is -2.12. The van der Waals surface area contributed by atoms with Crippen LogP contribution in [0, 0.1) is 5.92 Å². The molecule has 0 fully saturated rings. The minimum absolute atomic E-state index is 0.135. The molecule has 21 heavy (non-hydrogen) atoms. The second-order valence-corrected chi connectivity index (χ2v) is 4.85. The van der Waals surface area contributed by atoms with E-state index < -0.39 is 11.9 Å². The van der Waals surface area contributed by atoms with Gasteiger partial charge in [0.05, 0.1) is 18.8 Å². The molecule has 114 valence electrons. The third kappa shape index (κ3) is 5.69. The van der Waals surface area contributed by atoms with Gasteiger partial charge in [-0.05, 0) is 37.1 Å². The zero-order valence-electron chi connectivity index (χ0n) is 12.5. The van der Waals surface area contributed by atoms with Gasteiger partial charge in [0.25, 0.3) is 0 Å². The smallest absolute Gasteiger partial charge is 0.335 e. The molecule has 0 unspecified atom stereocenters. The zero-order chi connectivity index (χ0) is 15.8. The molecule has 0 heterocycles. The average molecular weight is 292 g/mol. The molecule has 0 saturated carbocycles. The SMILES string of the molecule is CCOC(=O)C=Cc1cc(C(=O)O)ccc1OCC(C)C. The van der Waals surface area contributed by atoms with E-state index in [1.807, 2.05) is 13.8 Å². The summed E-state index contributed by atoms with van der Waals surface area (Å²) in [7, 11) is 0. The maximum atomic E-state index is 11.3. The molecule has 0 aliphatic heterocycles. The van der Waals surface area contributed by atoms with E-state index in [-0.39, 0.29) is 12.2 Å². The van der Waals surface area contributed by atoms with Gasteiger partial charge < -0.3 is 14.6 Å². The lowest BCUT2D eigenvalue weighted by atomic mass is 10.1. The minimum Gasteiger partial charge on any atom is -0.493 e. The topological polar surface area (TPSA) is 72.8 Å². The van der Waals surface area contributed by atoms with Crippen molar-refractivity contribution in [3.63, 3.8) is 0 Å². The fourth-order valence-corrected chi connectivity index (χ4v) is 1.55. The Kier molecular flexibility index (Phi) is 6.46. The molecule has 0 saturated heterocycles. The number of esters is 1. The van der Waals surface area contributed by atoms with Crippen LogP contribution in [0.4, 0.5) is 0 Å². The number of benzene rings is 1. The van der Waals surface area contributed by atoms with Crippen molar-refractivity contribution in [2.24, 2.45) is 5.92 Å². The highest BCUT2D eigenvalue weighted by Crippen LogP contribution is 2.22. The van der Waals surface area contributed by atoms with Gasteiger partial charge in [-0.2, -0.15) is 0 Å². The van der Waals surface area contributed by atoms with Crippen LogP contribution in [0.5, 0.6) is 5.75 Å². The lowest BCUT2D eigenvalue weighted by molar-refractivity contribution is -0.137. The fourth-order valence-electron chi connectivity index (χ4n) is 1.55. The summed E-state index contributed by atoms with van der Waals surface area (Å²) in [5, 5.41) is 9.02. The van der Waals surface area contributed by atoms with Crippen molar-refractivity contribution in [1.82, 2.24) is 0 Å². The van der Waals surface area contributed by atoms with Crippen LogP contribution in [0.3, 0.4) is 0 Å². The molecule has 5 nitrogen and oxygen atoms in total. The minimum atomic E-state index is -1.03. The van der Waals surface area contributed by atoms with Crippen LogP contribution in [0.1, 0.15) is 36.7 Å². The van der Waals surface area contributed by atoms with Gasteiger partial charge >= 0.3 is 11.9 Å². The summed E-state index contributed by atoms with van der Waals surface area (Å²) >= 11 is 0. The largest absolute Gasteiger partial charge is 0.493 e. The van der Waals surface area contributed by atoms with Crippen LogP contribution >= 0.6 is 0 Å². The predicted octanol–water partition coefficient (Wildman–Crippen LogP) is 3.00. The van der Waals surface area contributed by atoms with Crippen molar-refractivity contribution in [3.8, 4) is 5.75 Å². The molecular formula is C16H20O5. The van der Waals surface area contributed by atoms with E-state index in [9.17, 15) is 9.59 Å². The quantitative estimate of drug-likeness (QED) is 0.618. The van der Waals surface area contributed by atoms with Gasteiger partial charge in [-0.15, -0.1) is 0 Å². The summed E-state index contributed by atoms with van der Waals surface area (Å²) in [5.41, 5.74) is 0.666. The highest BCUT2D eigenvalue weighted by molar-refractivity contribution is 5.91. The van der Waals surface area contributed by atoms with Gasteiger partial charge in [0.15, 0.2) is 0 Å². The Morgan fingerprint density at radius 2 is 2.05 bits per heavy atom. The first-order valence-corrected chi connectivity index (χ1v) is 6.79. The normalized spacial score (nSPS) is 10.9. The molecule has 0 amide bonds. The molecular weight excluding hydrogens is 272 g/mol. The molecule has 0 bridgehead atoms. The van der Waals surface area contributed by atoms with Crippen LogP contribution < -0.4 is 4.74 Å². The number of carbonyl (C=O) groups excluding carboxylic acids is 1. The van der Waals surface area contributed by atoms with E-state index in [0.717, 1.165) is 0 Å². The number of hydrogen-bond donors (Lipinski definition) is 1. The zero-order valence-corrected chi connectivity index (χ0v) is 12.5. The van der Waals surface area contributed by atoms with Crippen LogP contribution in [-0.2, 0) is 9.53 Å². The standard InChI is InChI=1S/C16H20O5/c1-4-20-15(17)8-6-12-9-13(16(18)19)5-7-14(12)21-10-11(2)3/h5-9,11H,4,10H2,1-3H3,(H,18,19). The average Bonchev–Trinajstić information content (AvgIpc) is 2.43. The second-order valence-electron chi connectivity index (χ2n) is 4.85. The number of ether oxygens (including phenoxy) is 2. The Balaban J connectivity index is 3.01. The number of aromatic carboxylic acids is 1. The van der Waals surface area contributed by atoms with Gasteiger partial charge in [0.2, 0.25) is 0 Å². The Morgan fingerprint density at radius 3 is 2.62 bits per heavy atom. The van der Waals surface area contributed by atoms with E-state index in [1.54, 1.807) is 13.0 Å². The molecule has 1 rings (SSSR count). The maximum Gasteiger partial charge on any atom is 0.335 e. The highest BCUT2D eigenvalue weighted by atomic mass is 16.5. The fraction of sp³-hybridized carbons (Fsp3) is 0.375. The lowest BCUT2D eigenvalue weighted by Crippen LogP contribution is -2.06. The van der Waals surface area contributed by atoms with Crippen molar-refractivity contribution in [3.05, 3.63) is 35.4 Å². The molecule has 0 atom stereocenters. The van der Waals surface area contributed by atoms with Gasteiger partial charge in [0.1, 0.15) is 5.75 Å². The Bertz CT molecular complexity index is 531. The summed E-state index contributed by atoms with van der Waals surface area (Å²) in [6.45, 7) is 6.54. The van der Waals surface area contributed by atoms with Gasteiger partial charge in [-0.25, -0.2) is 9.59 Å². The van der Waals surface area contributed by atoms with Crippen molar-refractivity contribution >= 4 is 18.0 Å². The summed E-state index contributed by atoms with van der Waals surface area (Å²) < 4.78 is 10.4. The number of carbonyl (C=O) groups is 2. The molecule has 0 aliphatic carbocycles. The first-order chi connectivity index (χ1) is 9.93. The van der Waals surface area contributed by atoms with Crippen LogP contribution in [-0.4, -0.2) is 30.3 Å². The van der Waals surface area contributed by atoms with Crippen molar-refractivity contribution in [2.45, 2.75) is 20.8 Å². The number of carboxylic acid groups (broad SMARTS) is 1. The summed E-state index contributed by atoms with van der Waals surface area (Å²) in [6.07, 6.45) is 2.76. The Labute approximate surface area is 124 Å². The van der Waals surface area contributed by atoms with Crippen molar-refractivity contribution in [2.75, 3.05) is 13.2 Å². The number of hydrogen-bond acceptors (Lipinski definition) is 4. The van der Waals surface area contributed by atoms with E-state index in [2.05, 4.69) is 0 Å². The highest BCUT2D eigenvalue weighted by Gasteiger charge is 2.09. The molecule has 0 aliphatic rings. The Hall–Kier alpha value is -2.30. The molecule has 5 heteroatoms. The second kappa shape index (κ2) is 8.09. The summed E-state index contributed by atoms with van der Waals surface area (Å²) in [4.78, 5) is 22.4. The van der Waals surface area contributed by atoms with Crippen LogP contribution in [0.25, 0.3) is 6.08 Å². The third-order valence-electron chi connectivity index (χ3n) is 2.51. The molecule has 1 aromatic rings. The molecule has 1 aromatic carbocycles. The first kappa shape index (κ1) is 16.8. The van der Waals surface area contributed by atoms with Crippen LogP contribution in [0.15, 0.2) is 24.3 Å². The molecule has 0 spiro atoms. The number of carboxylic acids is 1. The molecule has 0 radical (unpaired) electrons. The summed E-state index contributed by atoms with van der Waals surface area (Å²) in [6, 6.07) is 4.53. The Morgan fingerprint density at radius 1 is 1.33 bits per heavy atom. The first-order valence-electron chi connectivity index (χ1n) is 6.79. The van der Waals surface area contributed by atoms with Gasteiger partial charge in [-0.3, -0.25) is 0 Å². The monoisotopic (exact) mass is 292 g/mol. The predicted molar refractivity (Wildman–Crippen MR) is 79.4 cm³/mol. The van der Waals surface area contributed by atoms with Crippen molar-refractivity contribution < 1.29 is 24.2 Å². The van der Waals surface area contributed by atoms with Crippen molar-refractivity contribution in [1.29, 1.82) is 0 Å². The maximum absolute atomic E-state index is 11.3. The van der Waals surface area contributed by atoms with Gasteiger partial charge in [0, 0.05) is 11.6 Å². The van der Waals surface area contributed by atoms with E-state index in [0.29, 0.717) is 23.8 Å². The van der Waals surface area contributed by atoms with Gasteiger partial charge in [-0.1, -0.05) is 13.8 Å². The van der Waals surface area contributed by atoms with E-state index in [1.165, 1.54) is 24.3 Å². The number of rotatable bonds is 7. The molecule has 0 aromatic heterocycles. The van der Waals surface area contributed by atoms with Crippen LogP contribution in [0.2, 0.25) is 0 Å². The third-order valence-corrected chi connectivity index (χ3v) is 2.51. The van der Waals surface area contributed by atoms with E-state index >= 15 is 0 Å². The van der Waals surface area contributed by atoms with E-state index in [4.69, 9.17) is 14.6 Å².